The minimum atomic E-state index is -4.96. The first kappa shape index (κ1) is 33.2. The van der Waals surface area contributed by atoms with Crippen LogP contribution in [0.25, 0.3) is 11.6 Å². The Hall–Kier alpha value is -3.18. The molecule has 0 saturated heterocycles. The molecular weight excluding hydrogens is 698 g/mol. The summed E-state index contributed by atoms with van der Waals surface area (Å²) in [5, 5.41) is 3.26. The Bertz CT molecular complexity index is 2220. The number of rotatable bonds is 7. The van der Waals surface area contributed by atoms with Gasteiger partial charge in [0.25, 0.3) is 20.2 Å². The number of benzene rings is 5. The van der Waals surface area contributed by atoms with Crippen molar-refractivity contribution in [1.82, 2.24) is 0 Å². The summed E-state index contributed by atoms with van der Waals surface area (Å²) in [4.78, 5) is -1.38. The molecule has 0 amide bonds. The predicted molar refractivity (Wildman–Crippen MR) is 179 cm³/mol. The highest BCUT2D eigenvalue weighted by Crippen LogP contribution is 2.31. The van der Waals surface area contributed by atoms with E-state index < -0.39 is 30.0 Å². The van der Waals surface area contributed by atoms with Gasteiger partial charge >= 0.3 is 0 Å². The lowest BCUT2D eigenvalue weighted by atomic mass is 9.93. The molecule has 0 aliphatic heterocycles. The van der Waals surface area contributed by atoms with E-state index in [0.717, 1.165) is 28.5 Å². The fraction of sp³-hybridized carbons (Fsp3) is 0.0303. The first-order chi connectivity index (χ1) is 21.2. The molecule has 0 atom stereocenters. The van der Waals surface area contributed by atoms with Crippen LogP contribution in [0.4, 0.5) is 0 Å². The summed E-state index contributed by atoms with van der Waals surface area (Å²) < 4.78 is 68.5. The van der Waals surface area contributed by atoms with Gasteiger partial charge in [0.05, 0.1) is 4.90 Å². The van der Waals surface area contributed by atoms with E-state index in [4.69, 9.17) is 46.4 Å². The predicted octanol–water partition coefficient (Wildman–Crippen LogP) is 7.46. The van der Waals surface area contributed by atoms with Gasteiger partial charge in [-0.05, 0) is 75.2 Å². The average molecular weight is 720 g/mol. The molecule has 0 saturated carbocycles. The zero-order chi connectivity index (χ0) is 32.5. The summed E-state index contributed by atoms with van der Waals surface area (Å²) in [7, 11) is -9.73. The normalized spacial score (nSPS) is 11.8. The third-order valence-electron chi connectivity index (χ3n) is 6.99. The van der Waals surface area contributed by atoms with Crippen LogP contribution in [-0.4, -0.2) is 25.9 Å². The first-order valence-electron chi connectivity index (χ1n) is 13.1. The fourth-order valence-electron chi connectivity index (χ4n) is 4.82. The molecule has 5 aromatic carbocycles. The maximum absolute atomic E-state index is 12.6. The molecule has 5 aromatic rings. The molecule has 0 aromatic heterocycles. The van der Waals surface area contributed by atoms with Crippen LogP contribution < -0.4 is 10.4 Å². The molecule has 0 unspecified atom stereocenters. The Kier molecular flexibility index (Phi) is 9.79. The quantitative estimate of drug-likeness (QED) is 0.169. The van der Waals surface area contributed by atoms with Crippen molar-refractivity contribution in [2.45, 2.75) is 16.2 Å². The molecule has 12 heteroatoms. The van der Waals surface area contributed by atoms with Crippen LogP contribution in [0.2, 0.25) is 20.1 Å². The highest BCUT2D eigenvalue weighted by molar-refractivity contribution is 7.86. The smallest absolute Gasteiger partial charge is 0.282 e. The first-order valence-corrected chi connectivity index (χ1v) is 17.5. The summed E-state index contributed by atoms with van der Waals surface area (Å²) in [6.07, 6.45) is 2.23. The van der Waals surface area contributed by atoms with Crippen molar-refractivity contribution in [3.05, 3.63) is 161 Å². The van der Waals surface area contributed by atoms with E-state index in [1.165, 1.54) is 6.07 Å². The van der Waals surface area contributed by atoms with Gasteiger partial charge < -0.3 is 0 Å². The molecule has 6 nitrogen and oxygen atoms in total. The van der Waals surface area contributed by atoms with Crippen molar-refractivity contribution in [3.8, 4) is 0 Å². The van der Waals surface area contributed by atoms with E-state index in [1.54, 1.807) is 78.9 Å². The Morgan fingerprint density at radius 3 is 1.73 bits per heavy atom. The number of hydrogen-bond donors (Lipinski definition) is 2. The Balaban J connectivity index is 1.72. The van der Waals surface area contributed by atoms with Crippen LogP contribution in [0.15, 0.2) is 113 Å². The maximum atomic E-state index is 12.6. The van der Waals surface area contributed by atoms with Gasteiger partial charge in [0.15, 0.2) is 0 Å². The second-order valence-corrected chi connectivity index (χ2v) is 14.4. The molecule has 2 N–H and O–H groups in total. The summed E-state index contributed by atoms with van der Waals surface area (Å²) in [5.74, 6) is 0. The third kappa shape index (κ3) is 7.62. The van der Waals surface area contributed by atoms with E-state index >= 15 is 0 Å². The fourth-order valence-corrected chi connectivity index (χ4v) is 7.16. The third-order valence-corrected chi connectivity index (χ3v) is 10.1. The summed E-state index contributed by atoms with van der Waals surface area (Å²) in [6.45, 7) is 0. The van der Waals surface area contributed by atoms with Gasteiger partial charge in [-0.3, -0.25) is 9.11 Å². The monoisotopic (exact) mass is 718 g/mol. The maximum Gasteiger partial charge on any atom is 0.295 e. The van der Waals surface area contributed by atoms with Crippen molar-refractivity contribution in [1.29, 1.82) is 0 Å². The van der Waals surface area contributed by atoms with Crippen LogP contribution in [0.3, 0.4) is 0 Å². The molecule has 0 aliphatic rings. The van der Waals surface area contributed by atoms with Crippen molar-refractivity contribution in [2.24, 2.45) is 0 Å². The standard InChI is InChI=1S/C33H22Cl4O6S2/c34-28-3-1-4-29(35)26(28)17-20-7-11-22(12-8-20)33(25-16-15-24(44(38,39)40)19-32(25)45(41,42)43)23-13-9-21(10-14-23)18-27-30(36)5-2-6-31(27)37/h1-17,19H,18H2,(H,38,39,40)(H,41,42,43). The highest BCUT2D eigenvalue weighted by Gasteiger charge is 2.23. The van der Waals surface area contributed by atoms with Crippen molar-refractivity contribution in [3.63, 3.8) is 0 Å². The van der Waals surface area contributed by atoms with E-state index in [9.17, 15) is 25.9 Å². The largest absolute Gasteiger partial charge is 0.295 e. The SMILES string of the molecule is O=S(=O)(O)c1ccc(C(c2ccc(Cc3c(Cl)cccc3Cl)cc2)=c2ccc(=Cc3c(Cl)cccc3Cl)cc2)c(S(=O)(=O)O)c1. The van der Waals surface area contributed by atoms with Crippen LogP contribution >= 0.6 is 46.4 Å². The highest BCUT2D eigenvalue weighted by atomic mass is 35.5. The second kappa shape index (κ2) is 13.3. The molecule has 5 rings (SSSR count). The van der Waals surface area contributed by atoms with Gasteiger partial charge in [-0.25, -0.2) is 0 Å². The van der Waals surface area contributed by atoms with Crippen molar-refractivity contribution >= 4 is 78.3 Å². The van der Waals surface area contributed by atoms with E-state index in [2.05, 4.69) is 0 Å². The molecule has 45 heavy (non-hydrogen) atoms. The lowest BCUT2D eigenvalue weighted by Crippen LogP contribution is -2.15. The summed E-state index contributed by atoms with van der Waals surface area (Å²) in [5.41, 5.74) is 3.18. The molecule has 0 spiro atoms. The van der Waals surface area contributed by atoms with Crippen LogP contribution in [0.5, 0.6) is 0 Å². The molecule has 230 valence electrons. The van der Waals surface area contributed by atoms with Gasteiger partial charge in [0.1, 0.15) is 4.90 Å². The number of halogens is 4. The Morgan fingerprint density at radius 2 is 1.20 bits per heavy atom. The molecule has 0 radical (unpaired) electrons. The molecular formula is C33H22Cl4O6S2. The Morgan fingerprint density at radius 1 is 0.644 bits per heavy atom. The lowest BCUT2D eigenvalue weighted by Gasteiger charge is -2.15. The zero-order valence-corrected chi connectivity index (χ0v) is 27.6. The van der Waals surface area contributed by atoms with E-state index in [1.807, 2.05) is 12.1 Å². The van der Waals surface area contributed by atoms with E-state index in [0.29, 0.717) is 48.4 Å². The Labute approximate surface area is 280 Å². The van der Waals surface area contributed by atoms with Crippen molar-refractivity contribution in [2.75, 3.05) is 0 Å². The minimum absolute atomic E-state index is 0.0117. The van der Waals surface area contributed by atoms with E-state index in [-0.39, 0.29) is 5.56 Å². The topological polar surface area (TPSA) is 109 Å². The molecule has 0 bridgehead atoms. The van der Waals surface area contributed by atoms with Crippen LogP contribution in [0.1, 0.15) is 27.8 Å². The molecule has 0 aliphatic carbocycles. The summed E-state index contributed by atoms with van der Waals surface area (Å²) in [6, 6.07) is 27.7. The van der Waals surface area contributed by atoms with Crippen molar-refractivity contribution < 1.29 is 25.9 Å². The summed E-state index contributed by atoms with van der Waals surface area (Å²) >= 11 is 25.4. The second-order valence-electron chi connectivity index (χ2n) is 9.96. The number of hydrogen-bond acceptors (Lipinski definition) is 4. The minimum Gasteiger partial charge on any atom is -0.282 e. The molecule has 0 heterocycles. The van der Waals surface area contributed by atoms with Gasteiger partial charge in [0, 0.05) is 37.6 Å². The van der Waals surface area contributed by atoms with Gasteiger partial charge in [-0.1, -0.05) is 113 Å². The van der Waals surface area contributed by atoms with Gasteiger partial charge in [-0.2, -0.15) is 16.8 Å². The lowest BCUT2D eigenvalue weighted by molar-refractivity contribution is 0.481. The molecule has 0 fully saturated rings. The van der Waals surface area contributed by atoms with Gasteiger partial charge in [0.2, 0.25) is 0 Å². The zero-order valence-electron chi connectivity index (χ0n) is 23.0. The average Bonchev–Trinajstić information content (AvgIpc) is 2.98. The van der Waals surface area contributed by atoms with Crippen LogP contribution in [0, 0.1) is 0 Å². The van der Waals surface area contributed by atoms with Gasteiger partial charge in [-0.15, -0.1) is 0 Å². The van der Waals surface area contributed by atoms with Crippen LogP contribution in [-0.2, 0) is 26.7 Å².